The van der Waals surface area contributed by atoms with Crippen LogP contribution in [0, 0.1) is 12.8 Å². The van der Waals surface area contributed by atoms with Crippen molar-refractivity contribution in [2.45, 2.75) is 59.9 Å². The van der Waals surface area contributed by atoms with Crippen molar-refractivity contribution in [2.75, 3.05) is 17.7 Å². The fourth-order valence-electron chi connectivity index (χ4n) is 2.20. The molecule has 4 nitrogen and oxygen atoms in total. The summed E-state index contributed by atoms with van der Waals surface area (Å²) >= 11 is 0. The minimum absolute atomic E-state index is 0.452. The molecule has 4 heteroatoms. The normalized spacial score (nSPS) is 12.6. The van der Waals surface area contributed by atoms with Gasteiger partial charge in [0.2, 0.25) is 0 Å². The van der Waals surface area contributed by atoms with Gasteiger partial charge in [-0.2, -0.15) is 0 Å². The van der Waals surface area contributed by atoms with Crippen molar-refractivity contribution in [3.8, 4) is 0 Å². The number of anilines is 2. The molecule has 108 valence electrons. The molecule has 0 fully saturated rings. The summed E-state index contributed by atoms with van der Waals surface area (Å²) in [6.45, 7) is 10.9. The van der Waals surface area contributed by atoms with Gasteiger partial charge in [0, 0.05) is 25.1 Å². The maximum Gasteiger partial charge on any atom is 0.135 e. The van der Waals surface area contributed by atoms with E-state index < -0.39 is 0 Å². The molecule has 0 amide bonds. The van der Waals surface area contributed by atoms with E-state index >= 15 is 0 Å². The van der Waals surface area contributed by atoms with Gasteiger partial charge in [-0.25, -0.2) is 9.97 Å². The fourth-order valence-corrected chi connectivity index (χ4v) is 2.20. The highest BCUT2D eigenvalue weighted by molar-refractivity contribution is 5.57. The highest BCUT2D eigenvalue weighted by Crippen LogP contribution is 2.22. The average Bonchev–Trinajstić information content (AvgIpc) is 2.38. The average molecular weight is 264 g/mol. The highest BCUT2D eigenvalue weighted by atomic mass is 15.1. The lowest BCUT2D eigenvalue weighted by Crippen LogP contribution is -2.26. The summed E-state index contributed by atoms with van der Waals surface area (Å²) in [4.78, 5) is 9.24. The van der Waals surface area contributed by atoms with Crippen LogP contribution in [-0.4, -0.2) is 23.1 Å². The van der Waals surface area contributed by atoms with Gasteiger partial charge in [0.15, 0.2) is 0 Å². The lowest BCUT2D eigenvalue weighted by Gasteiger charge is -2.23. The van der Waals surface area contributed by atoms with E-state index in [4.69, 9.17) is 0 Å². The van der Waals surface area contributed by atoms with E-state index in [1.54, 1.807) is 0 Å². The number of nitrogens with zero attached hydrogens (tertiary/aromatic N) is 2. The summed E-state index contributed by atoms with van der Waals surface area (Å²) < 4.78 is 0. The van der Waals surface area contributed by atoms with Crippen LogP contribution < -0.4 is 10.6 Å². The number of rotatable bonds is 7. The Hall–Kier alpha value is -1.32. The second kappa shape index (κ2) is 7.31. The molecule has 0 saturated carbocycles. The van der Waals surface area contributed by atoms with E-state index in [-0.39, 0.29) is 0 Å². The molecule has 1 unspecified atom stereocenters. The number of aromatic nitrogens is 2. The summed E-state index contributed by atoms with van der Waals surface area (Å²) in [5.74, 6) is 3.41. The molecule has 1 rings (SSSR count). The largest absolute Gasteiger partial charge is 0.373 e. The van der Waals surface area contributed by atoms with Crippen molar-refractivity contribution in [1.82, 2.24) is 9.97 Å². The van der Waals surface area contributed by atoms with Crippen LogP contribution in [0.5, 0.6) is 0 Å². The third-order valence-electron chi connectivity index (χ3n) is 3.47. The van der Waals surface area contributed by atoms with E-state index in [2.05, 4.69) is 55.2 Å². The summed E-state index contributed by atoms with van der Waals surface area (Å²) in [5, 5.41) is 6.74. The third-order valence-corrected chi connectivity index (χ3v) is 3.47. The van der Waals surface area contributed by atoms with Crippen LogP contribution in [0.1, 0.15) is 51.9 Å². The zero-order valence-electron chi connectivity index (χ0n) is 13.2. The lowest BCUT2D eigenvalue weighted by atomic mass is 10.0. The number of aryl methyl sites for hydroxylation is 1. The summed E-state index contributed by atoms with van der Waals surface area (Å²) in [7, 11) is 1.91. The van der Waals surface area contributed by atoms with Crippen LogP contribution in [0.4, 0.5) is 11.6 Å². The highest BCUT2D eigenvalue weighted by Gasteiger charge is 2.15. The lowest BCUT2D eigenvalue weighted by molar-refractivity contribution is 0.509. The van der Waals surface area contributed by atoms with Gasteiger partial charge in [0.25, 0.3) is 0 Å². The predicted molar refractivity (Wildman–Crippen MR) is 82.9 cm³/mol. The Morgan fingerprint density at radius 3 is 2.21 bits per heavy atom. The Morgan fingerprint density at radius 2 is 1.74 bits per heavy atom. The quantitative estimate of drug-likeness (QED) is 0.789. The van der Waals surface area contributed by atoms with Crippen molar-refractivity contribution in [3.63, 3.8) is 0 Å². The molecule has 0 aliphatic heterocycles. The van der Waals surface area contributed by atoms with E-state index in [0.29, 0.717) is 12.0 Å². The van der Waals surface area contributed by atoms with E-state index in [0.717, 1.165) is 42.3 Å². The minimum atomic E-state index is 0.452. The maximum absolute atomic E-state index is 4.68. The molecule has 1 heterocycles. The van der Waals surface area contributed by atoms with E-state index in [1.165, 1.54) is 0 Å². The molecule has 0 bridgehead atoms. The fraction of sp³-hybridized carbons (Fsp3) is 0.733. The standard InChI is InChI=1S/C15H28N4/c1-7-9-13-18-14(16-6)11(5)15(19-13)17-12(8-2)10(3)4/h10,12H,7-9H2,1-6H3,(H2,16,17,18,19). The van der Waals surface area contributed by atoms with Crippen LogP contribution in [0.15, 0.2) is 0 Å². The first-order valence-electron chi connectivity index (χ1n) is 7.35. The number of hydrogen-bond acceptors (Lipinski definition) is 4. The topological polar surface area (TPSA) is 49.8 Å². The first kappa shape index (κ1) is 15.7. The maximum atomic E-state index is 4.68. The SMILES string of the molecule is CCCc1nc(NC)c(C)c(NC(CC)C(C)C)n1. The molecule has 0 spiro atoms. The van der Waals surface area contributed by atoms with Crippen molar-refractivity contribution in [3.05, 3.63) is 11.4 Å². The Balaban J connectivity index is 3.06. The van der Waals surface area contributed by atoms with Crippen molar-refractivity contribution >= 4 is 11.6 Å². The molecular formula is C15H28N4. The van der Waals surface area contributed by atoms with Gasteiger partial charge in [-0.3, -0.25) is 0 Å². The molecule has 0 aliphatic rings. The monoisotopic (exact) mass is 264 g/mol. The second-order valence-corrected chi connectivity index (χ2v) is 5.37. The van der Waals surface area contributed by atoms with Crippen molar-refractivity contribution in [2.24, 2.45) is 5.92 Å². The Morgan fingerprint density at radius 1 is 1.11 bits per heavy atom. The van der Waals surface area contributed by atoms with Crippen LogP contribution in [0.25, 0.3) is 0 Å². The zero-order valence-corrected chi connectivity index (χ0v) is 13.2. The Kier molecular flexibility index (Phi) is 6.06. The zero-order chi connectivity index (χ0) is 14.4. The van der Waals surface area contributed by atoms with E-state index in [1.807, 2.05) is 7.05 Å². The molecule has 1 aromatic heterocycles. The molecule has 2 N–H and O–H groups in total. The second-order valence-electron chi connectivity index (χ2n) is 5.37. The van der Waals surface area contributed by atoms with Gasteiger partial charge in [-0.15, -0.1) is 0 Å². The van der Waals surface area contributed by atoms with Crippen LogP contribution in [0.2, 0.25) is 0 Å². The third kappa shape index (κ3) is 4.08. The molecule has 1 aromatic rings. The molecule has 0 radical (unpaired) electrons. The van der Waals surface area contributed by atoms with Crippen LogP contribution in [0.3, 0.4) is 0 Å². The Labute approximate surface area is 117 Å². The van der Waals surface area contributed by atoms with Crippen LogP contribution >= 0.6 is 0 Å². The summed E-state index contributed by atoms with van der Waals surface area (Å²) in [5.41, 5.74) is 1.10. The smallest absolute Gasteiger partial charge is 0.135 e. The van der Waals surface area contributed by atoms with Gasteiger partial charge in [0.05, 0.1) is 0 Å². The number of nitrogens with one attached hydrogen (secondary N) is 2. The molecule has 19 heavy (non-hydrogen) atoms. The van der Waals surface area contributed by atoms with Gasteiger partial charge < -0.3 is 10.6 Å². The van der Waals surface area contributed by atoms with Crippen molar-refractivity contribution in [1.29, 1.82) is 0 Å². The molecule has 0 aliphatic carbocycles. The molecule has 0 aromatic carbocycles. The summed E-state index contributed by atoms with van der Waals surface area (Å²) in [6, 6.07) is 0.452. The molecule has 1 atom stereocenters. The number of hydrogen-bond donors (Lipinski definition) is 2. The predicted octanol–water partition coefficient (Wildman–Crippen LogP) is 3.63. The first-order valence-corrected chi connectivity index (χ1v) is 7.35. The van der Waals surface area contributed by atoms with Gasteiger partial charge >= 0.3 is 0 Å². The van der Waals surface area contributed by atoms with Crippen LogP contribution in [-0.2, 0) is 6.42 Å². The minimum Gasteiger partial charge on any atom is -0.373 e. The first-order chi connectivity index (χ1) is 9.03. The molecular weight excluding hydrogens is 236 g/mol. The summed E-state index contributed by atoms with van der Waals surface area (Å²) in [6.07, 6.45) is 3.08. The van der Waals surface area contributed by atoms with Gasteiger partial charge in [-0.05, 0) is 25.7 Å². The molecule has 0 saturated heterocycles. The van der Waals surface area contributed by atoms with Crippen molar-refractivity contribution < 1.29 is 0 Å². The Bertz CT molecular complexity index is 401. The van der Waals surface area contributed by atoms with Gasteiger partial charge in [0.1, 0.15) is 17.5 Å². The van der Waals surface area contributed by atoms with Gasteiger partial charge in [-0.1, -0.05) is 27.7 Å². The van der Waals surface area contributed by atoms with E-state index in [9.17, 15) is 0 Å².